The van der Waals surface area contributed by atoms with Gasteiger partial charge in [-0.15, -0.1) is 0 Å². The molecule has 3 heterocycles. The fraction of sp³-hybridized carbons (Fsp3) is 0.269. The van der Waals surface area contributed by atoms with E-state index in [-0.39, 0.29) is 29.3 Å². The molecule has 0 radical (unpaired) electrons. The summed E-state index contributed by atoms with van der Waals surface area (Å²) in [5.41, 5.74) is 3.24. The van der Waals surface area contributed by atoms with Crippen molar-refractivity contribution in [2.45, 2.75) is 32.6 Å². The number of carbonyl (C=O) groups is 2. The number of aryl methyl sites for hydroxylation is 1. The highest BCUT2D eigenvalue weighted by atomic mass is 19.1. The van der Waals surface area contributed by atoms with Crippen LogP contribution in [0.5, 0.6) is 0 Å². The third-order valence-electron chi connectivity index (χ3n) is 5.49. The lowest BCUT2D eigenvalue weighted by Gasteiger charge is -2.15. The highest BCUT2D eigenvalue weighted by Crippen LogP contribution is 2.30. The standard InChI is InChI=1S/C26H24FN3O2/c1-16-5-4-6-20(27)23(16)21-14-19(24-22(29-21)15-28-25(24)31)13-17-7-9-18(10-8-17)26(32)30-11-2-3-12-30/h4-10,14H,2-3,11-13,15H2,1H3,(H,28,31)/i2D2,3D2,11D2,12D2. The van der Waals surface area contributed by atoms with Crippen molar-refractivity contribution in [3.8, 4) is 11.3 Å². The molecule has 2 aliphatic heterocycles. The molecule has 2 aliphatic rings. The summed E-state index contributed by atoms with van der Waals surface area (Å²) >= 11 is 0. The van der Waals surface area contributed by atoms with Crippen molar-refractivity contribution < 1.29 is 24.9 Å². The molecule has 1 fully saturated rings. The van der Waals surface area contributed by atoms with E-state index in [1.165, 1.54) is 30.3 Å². The Morgan fingerprint density at radius 2 is 1.91 bits per heavy atom. The van der Waals surface area contributed by atoms with Crippen molar-refractivity contribution in [3.05, 3.63) is 87.9 Å². The van der Waals surface area contributed by atoms with Crippen LogP contribution in [0.3, 0.4) is 0 Å². The highest BCUT2D eigenvalue weighted by Gasteiger charge is 2.26. The Morgan fingerprint density at radius 3 is 2.62 bits per heavy atom. The van der Waals surface area contributed by atoms with Crippen molar-refractivity contribution in [3.63, 3.8) is 0 Å². The summed E-state index contributed by atoms with van der Waals surface area (Å²) in [6.45, 7) is -4.60. The van der Waals surface area contributed by atoms with E-state index in [4.69, 9.17) is 11.0 Å². The van der Waals surface area contributed by atoms with Gasteiger partial charge in [-0.25, -0.2) is 9.37 Å². The number of pyridine rings is 1. The van der Waals surface area contributed by atoms with Crippen LogP contribution in [0, 0.1) is 12.7 Å². The Balaban J connectivity index is 1.49. The number of rotatable bonds is 4. The molecule has 1 N–H and O–H groups in total. The van der Waals surface area contributed by atoms with E-state index in [0.717, 1.165) is 0 Å². The molecule has 0 spiro atoms. The van der Waals surface area contributed by atoms with Crippen LogP contribution in [-0.4, -0.2) is 34.7 Å². The zero-order valence-corrected chi connectivity index (χ0v) is 17.1. The molecule has 0 unspecified atom stereocenters. The van der Waals surface area contributed by atoms with Crippen LogP contribution in [0.15, 0.2) is 48.5 Å². The van der Waals surface area contributed by atoms with Gasteiger partial charge in [-0.2, -0.15) is 0 Å². The zero-order valence-electron chi connectivity index (χ0n) is 25.1. The Bertz CT molecular complexity index is 1510. The van der Waals surface area contributed by atoms with Crippen LogP contribution < -0.4 is 5.32 Å². The van der Waals surface area contributed by atoms with Crippen LogP contribution in [0.4, 0.5) is 4.39 Å². The topological polar surface area (TPSA) is 62.3 Å². The van der Waals surface area contributed by atoms with Gasteiger partial charge in [0.15, 0.2) is 0 Å². The third-order valence-corrected chi connectivity index (χ3v) is 5.49. The first-order valence-corrected chi connectivity index (χ1v) is 10.0. The molecule has 0 bridgehead atoms. The van der Waals surface area contributed by atoms with Gasteiger partial charge in [-0.1, -0.05) is 24.3 Å². The van der Waals surface area contributed by atoms with E-state index in [1.54, 1.807) is 25.1 Å². The van der Waals surface area contributed by atoms with Crippen LogP contribution in [0.1, 0.15) is 66.8 Å². The van der Waals surface area contributed by atoms with Crippen molar-refractivity contribution >= 4 is 11.8 Å². The quantitative estimate of drug-likeness (QED) is 0.663. The summed E-state index contributed by atoms with van der Waals surface area (Å²) in [5.74, 6) is -1.98. The van der Waals surface area contributed by atoms with Gasteiger partial charge in [0.25, 0.3) is 11.8 Å². The Morgan fingerprint density at radius 1 is 1.16 bits per heavy atom. The van der Waals surface area contributed by atoms with Crippen molar-refractivity contribution in [2.75, 3.05) is 13.0 Å². The molecule has 162 valence electrons. The summed E-state index contributed by atoms with van der Waals surface area (Å²) in [6.07, 6.45) is -6.45. The number of halogens is 1. The number of amides is 2. The molecule has 1 saturated heterocycles. The molecular formula is C26H24FN3O2. The SMILES string of the molecule is [2H]C1([2H])N(C(=O)c2ccc(Cc3cc(-c4c(C)cccc4F)nc4c3C(=O)NC4)cc2)C([2H])([2H])C([2H])([2H])C1([2H])[2H]. The van der Waals surface area contributed by atoms with Crippen LogP contribution in [0.25, 0.3) is 11.3 Å². The lowest BCUT2D eigenvalue weighted by molar-refractivity contribution is 0.0792. The summed E-state index contributed by atoms with van der Waals surface area (Å²) in [5, 5.41) is 2.73. The molecule has 5 rings (SSSR count). The van der Waals surface area contributed by atoms with Crippen LogP contribution >= 0.6 is 0 Å². The molecule has 0 atom stereocenters. The van der Waals surface area contributed by atoms with Gasteiger partial charge in [0.2, 0.25) is 0 Å². The maximum Gasteiger partial charge on any atom is 0.253 e. The van der Waals surface area contributed by atoms with Gasteiger partial charge in [0.05, 0.1) is 23.5 Å². The lowest BCUT2D eigenvalue weighted by atomic mass is 9.95. The monoisotopic (exact) mass is 437 g/mol. The second kappa shape index (κ2) is 8.19. The Hall–Kier alpha value is -3.54. The first-order valence-electron chi connectivity index (χ1n) is 14.0. The van der Waals surface area contributed by atoms with Gasteiger partial charge < -0.3 is 10.2 Å². The molecule has 0 aliphatic carbocycles. The maximum atomic E-state index is 14.7. The molecule has 32 heavy (non-hydrogen) atoms. The second-order valence-corrected chi connectivity index (χ2v) is 7.59. The first kappa shape index (κ1) is 13.1. The fourth-order valence-corrected chi connectivity index (χ4v) is 3.95. The molecule has 1 aromatic heterocycles. The lowest BCUT2D eigenvalue weighted by Crippen LogP contribution is -2.27. The minimum atomic E-state index is -3.32. The molecule has 0 saturated carbocycles. The Kier molecular flexibility index (Phi) is 3.35. The number of nitrogens with zero attached hydrogens (tertiary/aromatic N) is 2. The van der Waals surface area contributed by atoms with Crippen molar-refractivity contribution in [1.29, 1.82) is 0 Å². The molecule has 3 aromatic rings. The second-order valence-electron chi connectivity index (χ2n) is 7.59. The van der Waals surface area contributed by atoms with E-state index in [2.05, 4.69) is 10.3 Å². The highest BCUT2D eigenvalue weighted by molar-refractivity contribution is 6.00. The number of aromatic nitrogens is 1. The summed E-state index contributed by atoms with van der Waals surface area (Å²) in [6, 6.07) is 12.0. The predicted molar refractivity (Wildman–Crippen MR) is 120 cm³/mol. The maximum absolute atomic E-state index is 14.7. The number of likely N-dealkylation sites (tertiary alicyclic amines) is 1. The van der Waals surface area contributed by atoms with Gasteiger partial charge in [-0.05, 0) is 67.0 Å². The summed E-state index contributed by atoms with van der Waals surface area (Å²) in [7, 11) is 0. The predicted octanol–water partition coefficient (Wildman–Crippen LogP) is 4.27. The van der Waals surface area contributed by atoms with Crippen molar-refractivity contribution in [1.82, 2.24) is 15.2 Å². The number of nitrogens with one attached hydrogen (secondary N) is 1. The minimum Gasteiger partial charge on any atom is -0.346 e. The van der Waals surface area contributed by atoms with E-state index >= 15 is 0 Å². The van der Waals surface area contributed by atoms with Crippen molar-refractivity contribution in [2.24, 2.45) is 0 Å². The van der Waals surface area contributed by atoms with Gasteiger partial charge in [-0.3, -0.25) is 9.59 Å². The average molecular weight is 438 g/mol. The molecular weight excluding hydrogens is 405 g/mol. The fourth-order valence-electron chi connectivity index (χ4n) is 3.95. The first-order chi connectivity index (χ1) is 18.5. The van der Waals surface area contributed by atoms with Crippen LogP contribution in [0.2, 0.25) is 0 Å². The van der Waals surface area contributed by atoms with Gasteiger partial charge in [0.1, 0.15) is 5.82 Å². The van der Waals surface area contributed by atoms with E-state index < -0.39 is 37.5 Å². The number of carbonyl (C=O) groups excluding carboxylic acids is 2. The number of fused-ring (bicyclic) bond motifs is 1. The van der Waals surface area contributed by atoms with E-state index in [9.17, 15) is 14.0 Å². The van der Waals surface area contributed by atoms with E-state index in [0.29, 0.717) is 39.2 Å². The van der Waals surface area contributed by atoms with Gasteiger partial charge >= 0.3 is 0 Å². The smallest absolute Gasteiger partial charge is 0.253 e. The normalized spacial score (nSPS) is 25.1. The zero-order chi connectivity index (χ0) is 29.4. The average Bonchev–Trinajstić information content (AvgIpc) is 3.27. The molecule has 2 amide bonds. The molecule has 6 heteroatoms. The Labute approximate surface area is 197 Å². The molecule has 2 aromatic carbocycles. The molecule has 5 nitrogen and oxygen atoms in total. The summed E-state index contributed by atoms with van der Waals surface area (Å²) in [4.78, 5) is 30.3. The summed E-state index contributed by atoms with van der Waals surface area (Å²) < 4.78 is 78.6. The largest absolute Gasteiger partial charge is 0.346 e. The minimum absolute atomic E-state index is 0.0158. The van der Waals surface area contributed by atoms with Gasteiger partial charge in [0, 0.05) is 35.1 Å². The number of benzene rings is 2. The van der Waals surface area contributed by atoms with Crippen LogP contribution in [-0.2, 0) is 13.0 Å². The number of hydrogen-bond donors (Lipinski definition) is 1. The third kappa shape index (κ3) is 3.66. The number of hydrogen-bond acceptors (Lipinski definition) is 3. The van der Waals surface area contributed by atoms with E-state index in [1.807, 2.05) is 0 Å².